The van der Waals surface area contributed by atoms with Gasteiger partial charge in [0.2, 0.25) is 0 Å². The van der Waals surface area contributed by atoms with Crippen LogP contribution in [0.25, 0.3) is 10.9 Å². The molecule has 2 aromatic rings. The summed E-state index contributed by atoms with van der Waals surface area (Å²) in [5.74, 6) is 0. The highest BCUT2D eigenvalue weighted by Crippen LogP contribution is 2.30. The molecule has 1 aliphatic carbocycles. The molecule has 0 amide bonds. The Labute approximate surface area is 116 Å². The second-order valence-electron chi connectivity index (χ2n) is 4.86. The zero-order valence-corrected chi connectivity index (χ0v) is 11.6. The van der Waals surface area contributed by atoms with E-state index in [2.05, 4.69) is 16.4 Å². The van der Waals surface area contributed by atoms with Crippen molar-refractivity contribution in [2.75, 3.05) is 0 Å². The van der Waals surface area contributed by atoms with Gasteiger partial charge in [-0.25, -0.2) is 0 Å². The predicted octanol–water partition coefficient (Wildman–Crippen LogP) is 4.10. The van der Waals surface area contributed by atoms with E-state index in [1.807, 2.05) is 13.0 Å². The highest BCUT2D eigenvalue weighted by atomic mass is 35.5. The molecule has 0 atom stereocenters. The van der Waals surface area contributed by atoms with Crippen LogP contribution in [0.4, 0.5) is 0 Å². The summed E-state index contributed by atoms with van der Waals surface area (Å²) in [7, 11) is 0. The van der Waals surface area contributed by atoms with Gasteiger partial charge in [0.15, 0.2) is 0 Å². The minimum atomic E-state index is 0.619. The normalized spacial score (nSPS) is 15.3. The third kappa shape index (κ3) is 2.46. The summed E-state index contributed by atoms with van der Waals surface area (Å²) in [5.41, 5.74) is 3.04. The number of rotatable bonds is 3. The Hall–Kier alpha value is -0.830. The number of hydrogen-bond donors (Lipinski definition) is 1. The summed E-state index contributed by atoms with van der Waals surface area (Å²) >= 11 is 12.3. The first kappa shape index (κ1) is 12.2. The molecule has 1 aromatic carbocycles. The summed E-state index contributed by atoms with van der Waals surface area (Å²) < 4.78 is 0. The lowest BCUT2D eigenvalue weighted by molar-refractivity contribution is 0.690. The number of aryl methyl sites for hydroxylation is 1. The molecule has 1 heterocycles. The maximum Gasteiger partial charge on any atom is 0.0895 e. The van der Waals surface area contributed by atoms with Crippen molar-refractivity contribution in [3.05, 3.63) is 39.5 Å². The maximum atomic E-state index is 6.21. The number of pyridine rings is 1. The number of nitrogens with one attached hydrogen (secondary N) is 1. The van der Waals surface area contributed by atoms with Crippen molar-refractivity contribution < 1.29 is 0 Å². The minimum absolute atomic E-state index is 0.619. The zero-order valence-electron chi connectivity index (χ0n) is 10.1. The first-order chi connectivity index (χ1) is 8.63. The van der Waals surface area contributed by atoms with E-state index in [-0.39, 0.29) is 0 Å². The van der Waals surface area contributed by atoms with Crippen LogP contribution in [0.3, 0.4) is 0 Å². The van der Waals surface area contributed by atoms with E-state index in [0.29, 0.717) is 16.1 Å². The third-order valence-electron chi connectivity index (χ3n) is 3.20. The number of nitrogens with zero attached hydrogens (tertiary/aromatic N) is 1. The van der Waals surface area contributed by atoms with E-state index in [0.717, 1.165) is 23.1 Å². The SMILES string of the molecule is Cc1cc(CNC2CC2)c2cc(Cl)cc(Cl)c2n1. The number of hydrogen-bond acceptors (Lipinski definition) is 2. The van der Waals surface area contributed by atoms with Crippen molar-refractivity contribution in [3.8, 4) is 0 Å². The van der Waals surface area contributed by atoms with Gasteiger partial charge in [-0.2, -0.15) is 0 Å². The van der Waals surface area contributed by atoms with Gasteiger partial charge in [-0.15, -0.1) is 0 Å². The summed E-state index contributed by atoms with van der Waals surface area (Å²) in [6.07, 6.45) is 2.56. The Bertz CT molecular complexity index is 606. The Morgan fingerprint density at radius 1 is 1.28 bits per heavy atom. The van der Waals surface area contributed by atoms with Crippen LogP contribution in [0.5, 0.6) is 0 Å². The second kappa shape index (κ2) is 4.69. The van der Waals surface area contributed by atoms with Crippen molar-refractivity contribution >= 4 is 34.1 Å². The molecule has 1 saturated carbocycles. The maximum absolute atomic E-state index is 6.21. The largest absolute Gasteiger partial charge is 0.310 e. The van der Waals surface area contributed by atoms with Gasteiger partial charge in [-0.3, -0.25) is 4.98 Å². The van der Waals surface area contributed by atoms with Crippen molar-refractivity contribution in [1.82, 2.24) is 10.3 Å². The number of halogens is 2. The summed E-state index contributed by atoms with van der Waals surface area (Å²) in [6, 6.07) is 6.47. The smallest absolute Gasteiger partial charge is 0.0895 e. The van der Waals surface area contributed by atoms with E-state index in [1.54, 1.807) is 6.07 Å². The highest BCUT2D eigenvalue weighted by molar-refractivity contribution is 6.38. The number of aromatic nitrogens is 1. The quantitative estimate of drug-likeness (QED) is 0.916. The molecule has 94 valence electrons. The van der Waals surface area contributed by atoms with Gasteiger partial charge in [0.1, 0.15) is 0 Å². The monoisotopic (exact) mass is 280 g/mol. The molecule has 1 aromatic heterocycles. The van der Waals surface area contributed by atoms with E-state index < -0.39 is 0 Å². The molecule has 4 heteroatoms. The van der Waals surface area contributed by atoms with Gasteiger partial charge in [0.05, 0.1) is 10.5 Å². The molecular formula is C14H14Cl2N2. The van der Waals surface area contributed by atoms with Gasteiger partial charge in [-0.1, -0.05) is 23.2 Å². The standard InChI is InChI=1S/C14H14Cl2N2/c1-8-4-9(7-17-11-2-3-11)12-5-10(15)6-13(16)14(12)18-8/h4-6,11,17H,2-3,7H2,1H3. The summed E-state index contributed by atoms with van der Waals surface area (Å²) in [5, 5.41) is 5.84. The van der Waals surface area contributed by atoms with E-state index >= 15 is 0 Å². The van der Waals surface area contributed by atoms with E-state index in [4.69, 9.17) is 23.2 Å². The van der Waals surface area contributed by atoms with Crippen molar-refractivity contribution in [1.29, 1.82) is 0 Å². The molecule has 0 saturated heterocycles. The fourth-order valence-corrected chi connectivity index (χ4v) is 2.69. The average molecular weight is 281 g/mol. The van der Waals surface area contributed by atoms with Gasteiger partial charge < -0.3 is 5.32 Å². The van der Waals surface area contributed by atoms with Gasteiger partial charge in [-0.05, 0) is 43.5 Å². The molecule has 1 aliphatic rings. The Balaban J connectivity index is 2.09. The van der Waals surface area contributed by atoms with Crippen molar-refractivity contribution in [2.24, 2.45) is 0 Å². The molecule has 0 aliphatic heterocycles. The van der Waals surface area contributed by atoms with Crippen LogP contribution in [-0.2, 0) is 6.54 Å². The highest BCUT2D eigenvalue weighted by Gasteiger charge is 2.20. The van der Waals surface area contributed by atoms with Gasteiger partial charge >= 0.3 is 0 Å². The number of fused-ring (bicyclic) bond motifs is 1. The minimum Gasteiger partial charge on any atom is -0.310 e. The predicted molar refractivity (Wildman–Crippen MR) is 76.4 cm³/mol. The Morgan fingerprint density at radius 2 is 2.06 bits per heavy atom. The Morgan fingerprint density at radius 3 is 2.78 bits per heavy atom. The third-order valence-corrected chi connectivity index (χ3v) is 3.71. The molecule has 0 unspecified atom stereocenters. The van der Waals surface area contributed by atoms with Crippen LogP contribution in [0.15, 0.2) is 18.2 Å². The lowest BCUT2D eigenvalue weighted by Gasteiger charge is -2.10. The molecule has 0 bridgehead atoms. The lowest BCUT2D eigenvalue weighted by atomic mass is 10.1. The topological polar surface area (TPSA) is 24.9 Å². The van der Waals surface area contributed by atoms with Crippen LogP contribution in [0.1, 0.15) is 24.1 Å². The molecule has 18 heavy (non-hydrogen) atoms. The van der Waals surface area contributed by atoms with Crippen LogP contribution in [-0.4, -0.2) is 11.0 Å². The van der Waals surface area contributed by atoms with Crippen LogP contribution < -0.4 is 5.32 Å². The molecule has 1 N–H and O–H groups in total. The van der Waals surface area contributed by atoms with Gasteiger partial charge in [0.25, 0.3) is 0 Å². The fraction of sp³-hybridized carbons (Fsp3) is 0.357. The molecule has 2 nitrogen and oxygen atoms in total. The summed E-state index contributed by atoms with van der Waals surface area (Å²) in [6.45, 7) is 2.84. The average Bonchev–Trinajstić information content (AvgIpc) is 3.11. The molecular weight excluding hydrogens is 267 g/mol. The first-order valence-electron chi connectivity index (χ1n) is 6.12. The molecule has 1 fully saturated rings. The van der Waals surface area contributed by atoms with Crippen LogP contribution >= 0.6 is 23.2 Å². The lowest BCUT2D eigenvalue weighted by Crippen LogP contribution is -2.15. The number of benzene rings is 1. The van der Waals surface area contributed by atoms with Crippen LogP contribution in [0.2, 0.25) is 10.0 Å². The molecule has 3 rings (SSSR count). The van der Waals surface area contributed by atoms with E-state index in [1.165, 1.54) is 18.4 Å². The Kier molecular flexibility index (Phi) is 3.18. The molecule has 0 spiro atoms. The molecule has 0 radical (unpaired) electrons. The van der Waals surface area contributed by atoms with Gasteiger partial charge in [0, 0.05) is 28.7 Å². The first-order valence-corrected chi connectivity index (χ1v) is 6.88. The fourth-order valence-electron chi connectivity index (χ4n) is 2.15. The zero-order chi connectivity index (χ0) is 12.7. The van der Waals surface area contributed by atoms with Crippen molar-refractivity contribution in [3.63, 3.8) is 0 Å². The van der Waals surface area contributed by atoms with E-state index in [9.17, 15) is 0 Å². The summed E-state index contributed by atoms with van der Waals surface area (Å²) in [4.78, 5) is 4.50. The van der Waals surface area contributed by atoms with Crippen molar-refractivity contribution in [2.45, 2.75) is 32.4 Å². The second-order valence-corrected chi connectivity index (χ2v) is 5.71. The van der Waals surface area contributed by atoms with Crippen LogP contribution in [0, 0.1) is 6.92 Å².